The number of nitrogens with one attached hydrogen (secondary N) is 2. The average molecular weight is 545 g/mol. The smallest absolute Gasteiger partial charge is 0.191 e. The molecule has 0 bridgehead atoms. The minimum absolute atomic E-state index is 0. The van der Waals surface area contributed by atoms with Crippen LogP contribution in [0.5, 0.6) is 5.75 Å². The van der Waals surface area contributed by atoms with Crippen molar-refractivity contribution in [3.8, 4) is 5.75 Å². The van der Waals surface area contributed by atoms with Crippen molar-refractivity contribution in [1.29, 1.82) is 0 Å². The molecule has 0 aliphatic carbocycles. The van der Waals surface area contributed by atoms with Crippen LogP contribution in [-0.4, -0.2) is 63.4 Å². The van der Waals surface area contributed by atoms with Crippen molar-refractivity contribution >= 4 is 41.3 Å². The molecule has 2 unspecified atom stereocenters. The minimum atomic E-state index is 0. The molecule has 166 valence electrons. The van der Waals surface area contributed by atoms with Crippen LogP contribution in [0.3, 0.4) is 0 Å². The number of nitrogens with zero attached hydrogens (tertiary/aromatic N) is 2. The zero-order chi connectivity index (χ0) is 20.5. The molecule has 1 fully saturated rings. The second kappa shape index (κ2) is 13.1. The fourth-order valence-corrected chi connectivity index (χ4v) is 4.19. The predicted molar refractivity (Wildman–Crippen MR) is 136 cm³/mol. The summed E-state index contributed by atoms with van der Waals surface area (Å²) in [5.41, 5.74) is 1.23. The van der Waals surface area contributed by atoms with Gasteiger partial charge in [0.25, 0.3) is 0 Å². The molecule has 0 radical (unpaired) electrons. The van der Waals surface area contributed by atoms with Gasteiger partial charge in [0.05, 0.1) is 25.8 Å². The Bertz CT molecular complexity index is 749. The largest absolute Gasteiger partial charge is 0.489 e. The van der Waals surface area contributed by atoms with Gasteiger partial charge in [-0.2, -0.15) is 0 Å². The lowest BCUT2D eigenvalue weighted by atomic mass is 10.2. The summed E-state index contributed by atoms with van der Waals surface area (Å²) in [7, 11) is 1.80. The first kappa shape index (κ1) is 24.9. The highest BCUT2D eigenvalue weighted by molar-refractivity contribution is 14.0. The number of halogens is 1. The molecule has 0 amide bonds. The number of aliphatic imine (C=N–C) groups is 1. The van der Waals surface area contributed by atoms with Crippen molar-refractivity contribution in [3.05, 3.63) is 52.2 Å². The molecule has 3 rings (SSSR count). The number of aryl methyl sites for hydroxylation is 1. The second-order valence-electron chi connectivity index (χ2n) is 7.26. The third kappa shape index (κ3) is 7.72. The van der Waals surface area contributed by atoms with Gasteiger partial charge in [0.15, 0.2) is 5.96 Å². The molecule has 1 aromatic carbocycles. The average Bonchev–Trinajstić information content (AvgIpc) is 3.27. The molecule has 1 aliphatic heterocycles. The van der Waals surface area contributed by atoms with Crippen LogP contribution in [0.4, 0.5) is 0 Å². The van der Waals surface area contributed by atoms with Crippen LogP contribution in [0.1, 0.15) is 23.4 Å². The lowest BCUT2D eigenvalue weighted by molar-refractivity contribution is 0.0177. The molecule has 30 heavy (non-hydrogen) atoms. The maximum Gasteiger partial charge on any atom is 0.191 e. The van der Waals surface area contributed by atoms with Crippen LogP contribution < -0.4 is 15.4 Å². The first-order valence-corrected chi connectivity index (χ1v) is 11.1. The number of hydrogen-bond donors (Lipinski definition) is 2. The van der Waals surface area contributed by atoms with Crippen LogP contribution in [0.15, 0.2) is 46.8 Å². The quantitative estimate of drug-likeness (QED) is 0.302. The first-order valence-electron chi connectivity index (χ1n) is 10.2. The first-order chi connectivity index (χ1) is 14.2. The van der Waals surface area contributed by atoms with Gasteiger partial charge in [-0.05, 0) is 37.4 Å². The SMILES string of the molecule is CN=C(NCC(C)Oc1ccc(C)cc1)NCC(c1cccs1)N1CCOCC1.I. The van der Waals surface area contributed by atoms with Crippen LogP contribution in [0.2, 0.25) is 0 Å². The van der Waals surface area contributed by atoms with E-state index in [1.54, 1.807) is 18.4 Å². The standard InChI is InChI=1S/C22H32N4O2S.HI/c1-17-6-8-19(9-7-17)28-18(2)15-24-22(23-3)25-16-20(21-5-4-14-29-21)26-10-12-27-13-11-26;/h4-9,14,18,20H,10-13,15-16H2,1-3H3,(H2,23,24,25);1H. The Morgan fingerprint density at radius 2 is 1.87 bits per heavy atom. The number of hydrogen-bond acceptors (Lipinski definition) is 5. The van der Waals surface area contributed by atoms with Gasteiger partial charge in [-0.1, -0.05) is 23.8 Å². The van der Waals surface area contributed by atoms with E-state index in [4.69, 9.17) is 9.47 Å². The van der Waals surface area contributed by atoms with Crippen LogP contribution in [-0.2, 0) is 4.74 Å². The number of thiophene rings is 1. The fourth-order valence-electron chi connectivity index (χ4n) is 3.32. The van der Waals surface area contributed by atoms with Gasteiger partial charge < -0.3 is 20.1 Å². The number of benzene rings is 1. The van der Waals surface area contributed by atoms with E-state index in [-0.39, 0.29) is 30.1 Å². The summed E-state index contributed by atoms with van der Waals surface area (Å²) in [5.74, 6) is 1.68. The summed E-state index contributed by atoms with van der Waals surface area (Å²) in [6.07, 6.45) is 0.0311. The van der Waals surface area contributed by atoms with Gasteiger partial charge in [0, 0.05) is 31.6 Å². The Balaban J connectivity index is 0.00000320. The third-order valence-electron chi connectivity index (χ3n) is 4.96. The summed E-state index contributed by atoms with van der Waals surface area (Å²) < 4.78 is 11.5. The zero-order valence-electron chi connectivity index (χ0n) is 18.0. The Kier molecular flexibility index (Phi) is 10.9. The molecule has 2 aromatic rings. The maximum atomic E-state index is 5.98. The topological polar surface area (TPSA) is 58.1 Å². The molecule has 0 spiro atoms. The van der Waals surface area contributed by atoms with Crippen LogP contribution in [0.25, 0.3) is 0 Å². The van der Waals surface area contributed by atoms with Crippen LogP contribution in [0, 0.1) is 6.92 Å². The molecule has 1 aliphatic rings. The highest BCUT2D eigenvalue weighted by atomic mass is 127. The van der Waals surface area contributed by atoms with Gasteiger partial charge in [-0.15, -0.1) is 35.3 Å². The summed E-state index contributed by atoms with van der Waals surface area (Å²) in [5, 5.41) is 9.01. The number of rotatable bonds is 8. The van der Waals surface area contributed by atoms with E-state index in [0.29, 0.717) is 12.6 Å². The molecule has 2 atom stereocenters. The van der Waals surface area contributed by atoms with Gasteiger partial charge >= 0.3 is 0 Å². The van der Waals surface area contributed by atoms with Crippen molar-refractivity contribution in [1.82, 2.24) is 15.5 Å². The Morgan fingerprint density at radius 3 is 2.50 bits per heavy atom. The molecular formula is C22H33IN4O2S. The molecule has 2 heterocycles. The maximum absolute atomic E-state index is 5.98. The van der Waals surface area contributed by atoms with Gasteiger partial charge in [-0.3, -0.25) is 9.89 Å². The van der Waals surface area contributed by atoms with E-state index in [1.807, 2.05) is 12.1 Å². The molecule has 1 aromatic heterocycles. The van der Waals surface area contributed by atoms with Gasteiger partial charge in [0.2, 0.25) is 0 Å². The minimum Gasteiger partial charge on any atom is -0.489 e. The molecule has 0 saturated carbocycles. The molecule has 2 N–H and O–H groups in total. The lowest BCUT2D eigenvalue weighted by Crippen LogP contribution is -2.47. The Labute approximate surface area is 201 Å². The fraction of sp³-hybridized carbons (Fsp3) is 0.500. The third-order valence-corrected chi connectivity index (χ3v) is 5.93. The van der Waals surface area contributed by atoms with Gasteiger partial charge in [0.1, 0.15) is 11.9 Å². The van der Waals surface area contributed by atoms with Crippen molar-refractivity contribution in [2.24, 2.45) is 4.99 Å². The second-order valence-corrected chi connectivity index (χ2v) is 8.23. The number of morpholine rings is 1. The summed E-state index contributed by atoms with van der Waals surface area (Å²) in [4.78, 5) is 8.23. The zero-order valence-corrected chi connectivity index (χ0v) is 21.1. The Hall–Kier alpha value is -1.36. The van der Waals surface area contributed by atoms with Crippen LogP contribution >= 0.6 is 35.3 Å². The van der Waals surface area contributed by atoms with Crippen molar-refractivity contribution in [3.63, 3.8) is 0 Å². The monoisotopic (exact) mass is 544 g/mol. The van der Waals surface area contributed by atoms with Gasteiger partial charge in [-0.25, -0.2) is 0 Å². The molecule has 8 heteroatoms. The summed E-state index contributed by atoms with van der Waals surface area (Å²) >= 11 is 1.80. The Morgan fingerprint density at radius 1 is 1.17 bits per heavy atom. The number of guanidine groups is 1. The highest BCUT2D eigenvalue weighted by Gasteiger charge is 2.23. The van der Waals surface area contributed by atoms with E-state index in [2.05, 4.69) is 64.0 Å². The molecular weight excluding hydrogens is 511 g/mol. The highest BCUT2D eigenvalue weighted by Crippen LogP contribution is 2.25. The predicted octanol–water partition coefficient (Wildman–Crippen LogP) is 3.68. The van der Waals surface area contributed by atoms with E-state index >= 15 is 0 Å². The van der Waals surface area contributed by atoms with Crippen molar-refractivity contribution in [2.75, 3.05) is 46.4 Å². The number of ether oxygens (including phenoxy) is 2. The van der Waals surface area contributed by atoms with Crippen molar-refractivity contribution in [2.45, 2.75) is 26.0 Å². The van der Waals surface area contributed by atoms with E-state index in [1.165, 1.54) is 10.4 Å². The molecule has 6 nitrogen and oxygen atoms in total. The lowest BCUT2D eigenvalue weighted by Gasteiger charge is -2.34. The van der Waals surface area contributed by atoms with E-state index in [0.717, 1.165) is 44.6 Å². The summed E-state index contributed by atoms with van der Waals surface area (Å²) in [6.45, 7) is 9.11. The summed E-state index contributed by atoms with van der Waals surface area (Å²) in [6, 6.07) is 12.8. The van der Waals surface area contributed by atoms with Crippen molar-refractivity contribution < 1.29 is 9.47 Å². The van der Waals surface area contributed by atoms with E-state index < -0.39 is 0 Å². The van der Waals surface area contributed by atoms with E-state index in [9.17, 15) is 0 Å². The normalized spacial score (nSPS) is 17.0. The molecule has 1 saturated heterocycles.